The van der Waals surface area contributed by atoms with E-state index in [1.54, 1.807) is 10.7 Å². The van der Waals surface area contributed by atoms with E-state index in [9.17, 15) is 9.18 Å². The minimum atomic E-state index is -1.27. The highest BCUT2D eigenvalue weighted by Crippen LogP contribution is 2.28. The van der Waals surface area contributed by atoms with Crippen LogP contribution in [0.5, 0.6) is 0 Å². The third kappa shape index (κ3) is 1.88. The molecule has 0 spiro atoms. The number of halogens is 1. The second-order valence-electron chi connectivity index (χ2n) is 4.17. The fourth-order valence-corrected chi connectivity index (χ4v) is 2.04. The second-order valence-corrected chi connectivity index (χ2v) is 4.17. The predicted octanol–water partition coefficient (Wildman–Crippen LogP) is 2.54. The highest BCUT2D eigenvalue weighted by atomic mass is 19.1. The normalized spacial score (nSPS) is 10.7. The number of aromatic carboxylic acids is 1. The van der Waals surface area contributed by atoms with E-state index in [1.807, 2.05) is 20.9 Å². The van der Waals surface area contributed by atoms with Crippen LogP contribution >= 0.6 is 0 Å². The van der Waals surface area contributed by atoms with Crippen LogP contribution in [0, 0.1) is 19.7 Å². The number of hydrogen-bond donors (Lipinski definition) is 1. The van der Waals surface area contributed by atoms with Gasteiger partial charge in [0.1, 0.15) is 5.82 Å². The first kappa shape index (κ1) is 12.3. The fourth-order valence-electron chi connectivity index (χ4n) is 2.04. The number of carboxylic acids is 1. The zero-order valence-corrected chi connectivity index (χ0v) is 10.4. The molecule has 1 aromatic heterocycles. The summed E-state index contributed by atoms with van der Waals surface area (Å²) >= 11 is 0. The Hall–Kier alpha value is -2.17. The maximum atomic E-state index is 13.3. The smallest absolute Gasteiger partial charge is 0.338 e. The van der Waals surface area contributed by atoms with Crippen molar-refractivity contribution < 1.29 is 14.3 Å². The van der Waals surface area contributed by atoms with Crippen LogP contribution in [-0.2, 0) is 7.05 Å². The summed E-state index contributed by atoms with van der Waals surface area (Å²) in [6.07, 6.45) is 0. The van der Waals surface area contributed by atoms with Gasteiger partial charge in [0.2, 0.25) is 0 Å². The largest absolute Gasteiger partial charge is 0.478 e. The van der Waals surface area contributed by atoms with Gasteiger partial charge in [0.15, 0.2) is 0 Å². The van der Waals surface area contributed by atoms with Gasteiger partial charge in [0.05, 0.1) is 11.3 Å². The van der Waals surface area contributed by atoms with Crippen molar-refractivity contribution in [1.82, 2.24) is 9.78 Å². The van der Waals surface area contributed by atoms with E-state index in [0.717, 1.165) is 17.0 Å². The zero-order valence-electron chi connectivity index (χ0n) is 10.4. The summed E-state index contributed by atoms with van der Waals surface area (Å²) < 4.78 is 15.1. The Labute approximate surface area is 104 Å². The molecule has 0 saturated heterocycles. The molecule has 5 heteroatoms. The first-order valence-electron chi connectivity index (χ1n) is 5.45. The van der Waals surface area contributed by atoms with Gasteiger partial charge in [0, 0.05) is 18.3 Å². The van der Waals surface area contributed by atoms with Crippen LogP contribution in [-0.4, -0.2) is 20.9 Å². The molecule has 0 bridgehead atoms. The van der Waals surface area contributed by atoms with E-state index in [-0.39, 0.29) is 5.56 Å². The van der Waals surface area contributed by atoms with E-state index in [2.05, 4.69) is 5.10 Å². The zero-order chi connectivity index (χ0) is 13.4. The lowest BCUT2D eigenvalue weighted by Crippen LogP contribution is -2.01. The maximum Gasteiger partial charge on any atom is 0.338 e. The molecule has 0 aliphatic heterocycles. The van der Waals surface area contributed by atoms with Gasteiger partial charge in [-0.3, -0.25) is 4.68 Å². The summed E-state index contributed by atoms with van der Waals surface area (Å²) in [5.41, 5.74) is 2.89. The van der Waals surface area contributed by atoms with Gasteiger partial charge >= 0.3 is 5.97 Å². The lowest BCUT2D eigenvalue weighted by atomic mass is 10.0. The molecule has 2 aromatic rings. The van der Waals surface area contributed by atoms with E-state index < -0.39 is 11.8 Å². The van der Waals surface area contributed by atoms with Gasteiger partial charge in [-0.15, -0.1) is 0 Å². The van der Waals surface area contributed by atoms with Crippen LogP contribution in [0.25, 0.3) is 11.1 Å². The Balaban J connectivity index is 2.65. The summed E-state index contributed by atoms with van der Waals surface area (Å²) in [5, 5.41) is 13.2. The molecule has 0 aliphatic rings. The van der Waals surface area contributed by atoms with Gasteiger partial charge in [-0.1, -0.05) is 6.07 Å². The molecule has 0 atom stereocenters. The third-order valence-electron chi connectivity index (χ3n) is 2.99. The molecule has 1 N–H and O–H groups in total. The Morgan fingerprint density at radius 1 is 1.39 bits per heavy atom. The van der Waals surface area contributed by atoms with Gasteiger partial charge in [0.25, 0.3) is 0 Å². The van der Waals surface area contributed by atoms with Crippen LogP contribution in [0.1, 0.15) is 21.7 Å². The number of carboxylic acid groups (broad SMARTS) is 1. The maximum absolute atomic E-state index is 13.3. The summed E-state index contributed by atoms with van der Waals surface area (Å²) in [4.78, 5) is 10.9. The van der Waals surface area contributed by atoms with Gasteiger partial charge in [-0.25, -0.2) is 9.18 Å². The monoisotopic (exact) mass is 248 g/mol. The van der Waals surface area contributed by atoms with Crippen LogP contribution in [0.15, 0.2) is 18.2 Å². The molecule has 0 aliphatic carbocycles. The van der Waals surface area contributed by atoms with Crippen molar-refractivity contribution in [3.8, 4) is 11.1 Å². The van der Waals surface area contributed by atoms with Crippen molar-refractivity contribution in [2.45, 2.75) is 13.8 Å². The molecule has 18 heavy (non-hydrogen) atoms. The molecule has 0 unspecified atom stereocenters. The number of benzene rings is 1. The first-order valence-corrected chi connectivity index (χ1v) is 5.45. The molecule has 1 heterocycles. The topological polar surface area (TPSA) is 55.1 Å². The highest BCUT2D eigenvalue weighted by molar-refractivity contribution is 5.90. The molecule has 94 valence electrons. The van der Waals surface area contributed by atoms with Crippen LogP contribution in [0.3, 0.4) is 0 Å². The standard InChI is InChI=1S/C13H13FN2O2/c1-7-12(8(2)16(3)15-7)9-4-5-11(14)10(6-9)13(17)18/h4-6H,1-3H3,(H,17,18). The average molecular weight is 248 g/mol. The van der Waals surface area contributed by atoms with Crippen molar-refractivity contribution >= 4 is 5.97 Å². The van der Waals surface area contributed by atoms with Gasteiger partial charge in [-0.05, 0) is 31.5 Å². The lowest BCUT2D eigenvalue weighted by molar-refractivity contribution is 0.0692. The van der Waals surface area contributed by atoms with E-state index in [0.29, 0.717) is 5.56 Å². The number of rotatable bonds is 2. The van der Waals surface area contributed by atoms with Crippen molar-refractivity contribution in [3.63, 3.8) is 0 Å². The van der Waals surface area contributed by atoms with Crippen molar-refractivity contribution in [2.24, 2.45) is 7.05 Å². The van der Waals surface area contributed by atoms with Gasteiger partial charge < -0.3 is 5.11 Å². The fraction of sp³-hybridized carbons (Fsp3) is 0.231. The minimum absolute atomic E-state index is 0.324. The lowest BCUT2D eigenvalue weighted by Gasteiger charge is -2.05. The average Bonchev–Trinajstić information content (AvgIpc) is 2.54. The molecule has 0 amide bonds. The van der Waals surface area contributed by atoms with Crippen LogP contribution in [0.4, 0.5) is 4.39 Å². The Kier molecular flexibility index (Phi) is 2.90. The molecule has 0 fully saturated rings. The summed E-state index contributed by atoms with van der Waals surface area (Å²) in [6.45, 7) is 3.73. The highest BCUT2D eigenvalue weighted by Gasteiger charge is 2.16. The summed E-state index contributed by atoms with van der Waals surface area (Å²) in [7, 11) is 1.81. The second kappa shape index (κ2) is 4.25. The number of aromatic nitrogens is 2. The SMILES string of the molecule is Cc1nn(C)c(C)c1-c1ccc(F)c(C(=O)O)c1. The Morgan fingerprint density at radius 3 is 2.56 bits per heavy atom. The number of nitrogens with zero attached hydrogens (tertiary/aromatic N) is 2. The van der Waals surface area contributed by atoms with Crippen molar-refractivity contribution in [1.29, 1.82) is 0 Å². The van der Waals surface area contributed by atoms with Crippen LogP contribution < -0.4 is 0 Å². The predicted molar refractivity (Wildman–Crippen MR) is 65.0 cm³/mol. The number of aryl methyl sites for hydroxylation is 2. The van der Waals surface area contributed by atoms with Crippen molar-refractivity contribution in [3.05, 3.63) is 41.0 Å². The molecule has 0 saturated carbocycles. The summed E-state index contributed by atoms with van der Waals surface area (Å²) in [6, 6.07) is 4.08. The Bertz CT molecular complexity index is 632. The minimum Gasteiger partial charge on any atom is -0.478 e. The Morgan fingerprint density at radius 2 is 2.06 bits per heavy atom. The first-order chi connectivity index (χ1) is 8.41. The quantitative estimate of drug-likeness (QED) is 0.888. The summed E-state index contributed by atoms with van der Waals surface area (Å²) in [5.74, 6) is -2.00. The van der Waals surface area contributed by atoms with Gasteiger partial charge in [-0.2, -0.15) is 5.10 Å². The molecule has 0 radical (unpaired) electrons. The molecule has 2 rings (SSSR count). The molecule has 4 nitrogen and oxygen atoms in total. The molecular formula is C13H13FN2O2. The van der Waals surface area contributed by atoms with Crippen molar-refractivity contribution in [2.75, 3.05) is 0 Å². The molecule has 1 aromatic carbocycles. The van der Waals surface area contributed by atoms with Crippen LogP contribution in [0.2, 0.25) is 0 Å². The third-order valence-corrected chi connectivity index (χ3v) is 2.99. The van der Waals surface area contributed by atoms with E-state index >= 15 is 0 Å². The van der Waals surface area contributed by atoms with E-state index in [4.69, 9.17) is 5.11 Å². The number of carbonyl (C=O) groups is 1. The molecular weight excluding hydrogens is 235 g/mol. The number of hydrogen-bond acceptors (Lipinski definition) is 2. The van der Waals surface area contributed by atoms with E-state index in [1.165, 1.54) is 12.1 Å².